The van der Waals surface area contributed by atoms with Crippen LogP contribution in [0.25, 0.3) is 11.1 Å². The Bertz CT molecular complexity index is 1010. The van der Waals surface area contributed by atoms with Crippen molar-refractivity contribution in [3.05, 3.63) is 71.8 Å². The van der Waals surface area contributed by atoms with Gasteiger partial charge in [-0.2, -0.15) is 0 Å². The minimum Gasteiger partial charge on any atom is -0.497 e. The summed E-state index contributed by atoms with van der Waals surface area (Å²) in [6.45, 7) is -0.518. The van der Waals surface area contributed by atoms with E-state index in [2.05, 4.69) is 0 Å². The van der Waals surface area contributed by atoms with Crippen molar-refractivity contribution < 1.29 is 34.0 Å². The van der Waals surface area contributed by atoms with Gasteiger partial charge in [0.15, 0.2) is 6.61 Å². The van der Waals surface area contributed by atoms with Crippen LogP contribution in [0.1, 0.15) is 11.1 Å². The van der Waals surface area contributed by atoms with E-state index in [0.717, 1.165) is 5.56 Å². The molecule has 7 nitrogen and oxygen atoms in total. The normalized spacial score (nSPS) is 10.4. The number of hydrogen-bond acceptors (Lipinski definition) is 6. The van der Waals surface area contributed by atoms with E-state index < -0.39 is 12.6 Å². The highest BCUT2D eigenvalue weighted by atomic mass is 16.5. The van der Waals surface area contributed by atoms with Crippen LogP contribution in [0.15, 0.2) is 60.7 Å². The summed E-state index contributed by atoms with van der Waals surface area (Å²) in [6.07, 6.45) is 0. The number of benzene rings is 3. The largest absolute Gasteiger partial charge is 0.497 e. The van der Waals surface area contributed by atoms with Gasteiger partial charge in [0.25, 0.3) is 0 Å². The first kappa shape index (κ1) is 22.0. The molecule has 3 rings (SSSR count). The molecule has 7 heteroatoms. The van der Waals surface area contributed by atoms with Crippen LogP contribution in [0.3, 0.4) is 0 Å². The summed E-state index contributed by atoms with van der Waals surface area (Å²) in [4.78, 5) is 11.1. The lowest BCUT2D eigenvalue weighted by atomic mass is 10.00. The van der Waals surface area contributed by atoms with E-state index in [1.165, 1.54) is 0 Å². The molecule has 3 aromatic carbocycles. The van der Waals surface area contributed by atoms with Crippen molar-refractivity contribution in [1.82, 2.24) is 0 Å². The molecule has 0 fully saturated rings. The summed E-state index contributed by atoms with van der Waals surface area (Å²) in [6, 6.07) is 18.2. The van der Waals surface area contributed by atoms with E-state index in [-0.39, 0.29) is 19.0 Å². The third kappa shape index (κ3) is 5.67. The molecule has 0 aromatic heterocycles. The SMILES string of the molecule is COc1cc(OC)cc(-c2c(OCC(=O)O)cc(CO)cc2OCc2ccccc2)c1. The molecule has 0 amide bonds. The van der Waals surface area contributed by atoms with Crippen molar-refractivity contribution in [2.24, 2.45) is 0 Å². The average molecular weight is 424 g/mol. The van der Waals surface area contributed by atoms with Crippen LogP contribution in [-0.2, 0) is 18.0 Å². The second kappa shape index (κ2) is 10.4. The molecule has 0 radical (unpaired) electrons. The van der Waals surface area contributed by atoms with Crippen molar-refractivity contribution in [1.29, 1.82) is 0 Å². The predicted octanol–water partition coefficient (Wildman–Crippen LogP) is 3.91. The smallest absolute Gasteiger partial charge is 0.341 e. The molecule has 2 N–H and O–H groups in total. The highest BCUT2D eigenvalue weighted by Crippen LogP contribution is 2.43. The van der Waals surface area contributed by atoms with Crippen LogP contribution in [-0.4, -0.2) is 37.0 Å². The molecule has 3 aromatic rings. The zero-order valence-electron chi connectivity index (χ0n) is 17.3. The number of carbonyl (C=O) groups is 1. The Balaban J connectivity index is 2.13. The number of methoxy groups -OCH3 is 2. The monoisotopic (exact) mass is 424 g/mol. The van der Waals surface area contributed by atoms with Crippen LogP contribution < -0.4 is 18.9 Å². The van der Waals surface area contributed by atoms with Gasteiger partial charge in [-0.05, 0) is 41.0 Å². The molecule has 0 aliphatic carbocycles. The number of aliphatic carboxylic acids is 1. The van der Waals surface area contributed by atoms with Crippen LogP contribution in [0.4, 0.5) is 0 Å². The Kier molecular flexibility index (Phi) is 7.35. The standard InChI is InChI=1S/C24H24O7/c1-28-19-10-18(11-20(12-19)29-2)24-21(30-14-16-6-4-3-5-7-16)8-17(13-25)9-22(24)31-15-23(26)27/h3-12,25H,13-15H2,1-2H3,(H,26,27). The molecule has 0 aliphatic heterocycles. The maximum Gasteiger partial charge on any atom is 0.341 e. The molecule has 31 heavy (non-hydrogen) atoms. The van der Waals surface area contributed by atoms with Gasteiger partial charge in [-0.25, -0.2) is 4.79 Å². The Hall–Kier alpha value is -3.71. The molecule has 0 spiro atoms. The van der Waals surface area contributed by atoms with Gasteiger partial charge >= 0.3 is 5.97 Å². The van der Waals surface area contributed by atoms with Crippen molar-refractivity contribution >= 4 is 5.97 Å². The molecule has 0 unspecified atom stereocenters. The maximum absolute atomic E-state index is 11.1. The van der Waals surface area contributed by atoms with Gasteiger partial charge in [0.2, 0.25) is 0 Å². The van der Waals surface area contributed by atoms with Crippen molar-refractivity contribution in [2.75, 3.05) is 20.8 Å². The molecule has 162 valence electrons. The minimum absolute atomic E-state index is 0.257. The minimum atomic E-state index is -1.12. The zero-order valence-corrected chi connectivity index (χ0v) is 17.3. The maximum atomic E-state index is 11.1. The second-order valence-electron chi connectivity index (χ2n) is 6.68. The third-order valence-corrected chi connectivity index (χ3v) is 4.54. The zero-order chi connectivity index (χ0) is 22.2. The molecule has 0 aliphatic rings. The van der Waals surface area contributed by atoms with Gasteiger partial charge in [0.1, 0.15) is 29.6 Å². The first-order chi connectivity index (χ1) is 15.0. The number of carboxylic acid groups (broad SMARTS) is 1. The topological polar surface area (TPSA) is 94.5 Å². The number of hydrogen-bond donors (Lipinski definition) is 2. The van der Waals surface area contributed by atoms with E-state index in [4.69, 9.17) is 24.1 Å². The van der Waals surface area contributed by atoms with E-state index in [1.807, 2.05) is 30.3 Å². The van der Waals surface area contributed by atoms with Gasteiger partial charge in [-0.15, -0.1) is 0 Å². The van der Waals surface area contributed by atoms with Gasteiger partial charge in [0.05, 0.1) is 26.4 Å². The summed E-state index contributed by atoms with van der Waals surface area (Å²) >= 11 is 0. The molecule has 0 saturated carbocycles. The van der Waals surface area contributed by atoms with Crippen LogP contribution in [0, 0.1) is 0 Å². The van der Waals surface area contributed by atoms with Gasteiger partial charge in [-0.3, -0.25) is 0 Å². The summed E-state index contributed by atoms with van der Waals surface area (Å²) in [5, 5.41) is 18.8. The fourth-order valence-corrected chi connectivity index (χ4v) is 3.07. The molecule has 0 saturated heterocycles. The van der Waals surface area contributed by atoms with Crippen molar-refractivity contribution in [2.45, 2.75) is 13.2 Å². The highest BCUT2D eigenvalue weighted by Gasteiger charge is 2.19. The summed E-state index contributed by atoms with van der Waals surface area (Å²) in [5.74, 6) is 0.700. The quantitative estimate of drug-likeness (QED) is 0.510. The molecular formula is C24H24O7. The Morgan fingerprint density at radius 2 is 1.45 bits per heavy atom. The highest BCUT2D eigenvalue weighted by molar-refractivity contribution is 5.80. The summed E-state index contributed by atoms with van der Waals surface area (Å²) in [7, 11) is 3.09. The Labute approximate surface area is 180 Å². The molecular weight excluding hydrogens is 400 g/mol. The predicted molar refractivity (Wildman–Crippen MR) is 115 cm³/mol. The van der Waals surface area contributed by atoms with Gasteiger partial charge in [-0.1, -0.05) is 30.3 Å². The fourth-order valence-electron chi connectivity index (χ4n) is 3.07. The van der Waals surface area contributed by atoms with Crippen LogP contribution >= 0.6 is 0 Å². The van der Waals surface area contributed by atoms with E-state index in [1.54, 1.807) is 44.6 Å². The Morgan fingerprint density at radius 3 is 2.00 bits per heavy atom. The lowest BCUT2D eigenvalue weighted by Crippen LogP contribution is -2.11. The van der Waals surface area contributed by atoms with Crippen molar-refractivity contribution in [3.8, 4) is 34.1 Å². The number of aliphatic hydroxyl groups is 1. The fraction of sp³-hybridized carbons (Fsp3) is 0.208. The van der Waals surface area contributed by atoms with E-state index in [9.17, 15) is 9.90 Å². The second-order valence-corrected chi connectivity index (χ2v) is 6.68. The van der Waals surface area contributed by atoms with E-state index >= 15 is 0 Å². The average Bonchev–Trinajstić information content (AvgIpc) is 2.81. The summed E-state index contributed by atoms with van der Waals surface area (Å²) < 4.78 is 22.4. The lowest BCUT2D eigenvalue weighted by Gasteiger charge is -2.19. The first-order valence-corrected chi connectivity index (χ1v) is 9.56. The number of aliphatic hydroxyl groups excluding tert-OH is 1. The number of ether oxygens (including phenoxy) is 4. The third-order valence-electron chi connectivity index (χ3n) is 4.54. The van der Waals surface area contributed by atoms with Crippen LogP contribution in [0.2, 0.25) is 0 Å². The summed E-state index contributed by atoms with van der Waals surface area (Å²) in [5.41, 5.74) is 2.68. The molecule has 0 bridgehead atoms. The number of carboxylic acids is 1. The van der Waals surface area contributed by atoms with Gasteiger partial charge < -0.3 is 29.2 Å². The van der Waals surface area contributed by atoms with E-state index in [0.29, 0.717) is 33.9 Å². The lowest BCUT2D eigenvalue weighted by molar-refractivity contribution is -0.139. The molecule has 0 heterocycles. The first-order valence-electron chi connectivity index (χ1n) is 9.56. The molecule has 0 atom stereocenters. The van der Waals surface area contributed by atoms with Gasteiger partial charge in [0, 0.05) is 6.07 Å². The van der Waals surface area contributed by atoms with Crippen molar-refractivity contribution in [3.63, 3.8) is 0 Å². The van der Waals surface area contributed by atoms with Crippen LogP contribution in [0.5, 0.6) is 23.0 Å². The Morgan fingerprint density at radius 1 is 0.839 bits per heavy atom. The number of rotatable bonds is 10.